The average Bonchev–Trinajstić information content (AvgIpc) is 2.96. The predicted molar refractivity (Wildman–Crippen MR) is 95.5 cm³/mol. The van der Waals surface area contributed by atoms with Crippen LogP contribution in [0, 0.1) is 17.3 Å². The molecule has 3 aliphatic rings. The van der Waals surface area contributed by atoms with Crippen molar-refractivity contribution in [1.29, 1.82) is 0 Å². The van der Waals surface area contributed by atoms with Crippen LogP contribution in [0.25, 0.3) is 0 Å². The van der Waals surface area contributed by atoms with E-state index in [0.717, 1.165) is 32.4 Å². The van der Waals surface area contributed by atoms with Crippen LogP contribution in [0.15, 0.2) is 0 Å². The van der Waals surface area contributed by atoms with E-state index in [1.807, 2.05) is 4.90 Å². The van der Waals surface area contributed by atoms with Crippen LogP contribution >= 0.6 is 0 Å². The molecule has 0 N–H and O–H groups in total. The van der Waals surface area contributed by atoms with Crippen molar-refractivity contribution < 1.29 is 9.59 Å². The Bertz CT molecular complexity index is 477. The Hall–Kier alpha value is -1.06. The Morgan fingerprint density at radius 2 is 1.67 bits per heavy atom. The van der Waals surface area contributed by atoms with Crippen molar-refractivity contribution in [3.05, 3.63) is 0 Å². The highest BCUT2D eigenvalue weighted by Crippen LogP contribution is 2.42. The number of hydrogen-bond acceptors (Lipinski definition) is 2. The molecule has 1 aliphatic carbocycles. The maximum atomic E-state index is 12.8. The highest BCUT2D eigenvalue weighted by atomic mass is 16.2. The molecule has 0 spiro atoms. The summed E-state index contributed by atoms with van der Waals surface area (Å²) in [4.78, 5) is 29.6. The fraction of sp³-hybridized carbons (Fsp3) is 0.900. The normalized spacial score (nSPS) is 32.3. The molecule has 1 saturated carbocycles. The molecule has 0 bridgehead atoms. The highest BCUT2D eigenvalue weighted by Gasteiger charge is 2.44. The average molecular weight is 335 g/mol. The zero-order chi connectivity index (χ0) is 17.3. The Labute approximate surface area is 146 Å². The number of amides is 2. The van der Waals surface area contributed by atoms with Gasteiger partial charge in [0, 0.05) is 32.1 Å². The Morgan fingerprint density at radius 3 is 2.33 bits per heavy atom. The molecule has 0 aromatic carbocycles. The minimum Gasteiger partial charge on any atom is -0.342 e. The molecule has 2 amide bonds. The summed E-state index contributed by atoms with van der Waals surface area (Å²) >= 11 is 0. The van der Waals surface area contributed by atoms with E-state index in [9.17, 15) is 9.59 Å². The number of rotatable bonds is 2. The van der Waals surface area contributed by atoms with Gasteiger partial charge in [0.25, 0.3) is 0 Å². The summed E-state index contributed by atoms with van der Waals surface area (Å²) in [5, 5.41) is 0. The molecule has 2 saturated heterocycles. The third-order valence-electron chi connectivity index (χ3n) is 6.42. The van der Waals surface area contributed by atoms with Crippen LogP contribution in [0.4, 0.5) is 0 Å². The lowest BCUT2D eigenvalue weighted by atomic mass is 9.69. The fourth-order valence-corrected chi connectivity index (χ4v) is 5.08. The molecule has 3 atom stereocenters. The molecule has 24 heavy (non-hydrogen) atoms. The zero-order valence-electron chi connectivity index (χ0n) is 15.7. The zero-order valence-corrected chi connectivity index (χ0v) is 15.7. The van der Waals surface area contributed by atoms with Crippen LogP contribution in [0.3, 0.4) is 0 Å². The van der Waals surface area contributed by atoms with Gasteiger partial charge in [-0.15, -0.1) is 0 Å². The van der Waals surface area contributed by atoms with E-state index in [2.05, 4.69) is 25.7 Å². The molecule has 2 aliphatic heterocycles. The first-order valence-corrected chi connectivity index (χ1v) is 9.96. The summed E-state index contributed by atoms with van der Waals surface area (Å²) in [6, 6.07) is 0.338. The topological polar surface area (TPSA) is 40.6 Å². The molecular weight excluding hydrogens is 300 g/mol. The van der Waals surface area contributed by atoms with Gasteiger partial charge in [0.05, 0.1) is 5.92 Å². The summed E-state index contributed by atoms with van der Waals surface area (Å²) in [6.45, 7) is 9.33. The largest absolute Gasteiger partial charge is 0.342 e. The number of likely N-dealkylation sites (tertiary alicyclic amines) is 2. The Balaban J connectivity index is 1.68. The highest BCUT2D eigenvalue weighted by molar-refractivity contribution is 5.89. The molecular formula is C20H34N2O2. The van der Waals surface area contributed by atoms with Crippen LogP contribution in [0.1, 0.15) is 72.1 Å². The van der Waals surface area contributed by atoms with Crippen LogP contribution in [-0.2, 0) is 9.59 Å². The van der Waals surface area contributed by atoms with Gasteiger partial charge in [-0.25, -0.2) is 0 Å². The van der Waals surface area contributed by atoms with Crippen LogP contribution in [-0.4, -0.2) is 47.3 Å². The third kappa shape index (κ3) is 3.62. The van der Waals surface area contributed by atoms with Crippen molar-refractivity contribution in [1.82, 2.24) is 9.80 Å². The molecule has 0 aromatic heterocycles. The smallest absolute Gasteiger partial charge is 0.227 e. The van der Waals surface area contributed by atoms with E-state index in [-0.39, 0.29) is 23.1 Å². The van der Waals surface area contributed by atoms with Crippen molar-refractivity contribution in [2.24, 2.45) is 17.3 Å². The molecule has 3 unspecified atom stereocenters. The van der Waals surface area contributed by atoms with Gasteiger partial charge in [0.15, 0.2) is 0 Å². The molecule has 4 heteroatoms. The Kier molecular flexibility index (Phi) is 5.22. The summed E-state index contributed by atoms with van der Waals surface area (Å²) in [7, 11) is 0. The van der Waals surface area contributed by atoms with Crippen LogP contribution in [0.5, 0.6) is 0 Å². The first-order valence-electron chi connectivity index (χ1n) is 9.96. The third-order valence-corrected chi connectivity index (χ3v) is 6.42. The maximum Gasteiger partial charge on any atom is 0.227 e. The predicted octanol–water partition coefficient (Wildman–Crippen LogP) is 3.45. The van der Waals surface area contributed by atoms with Crippen LogP contribution in [0.2, 0.25) is 0 Å². The van der Waals surface area contributed by atoms with Gasteiger partial charge in [-0.1, -0.05) is 33.6 Å². The standard InChI is InChI=1S/C20H34N2O2/c1-20(2,3)16-9-5-6-10-17(16)22-14-15(13-18(22)23)19(24)21-11-7-4-8-12-21/h15-17H,4-14H2,1-3H3. The number of carbonyl (C=O) groups excluding carboxylic acids is 2. The van der Waals surface area contributed by atoms with Crippen molar-refractivity contribution in [3.8, 4) is 0 Å². The SMILES string of the molecule is CC(C)(C)C1CCCCC1N1CC(C(=O)N2CCCCC2)CC1=O. The van der Waals surface area contributed by atoms with Gasteiger partial charge in [-0.3, -0.25) is 9.59 Å². The van der Waals surface area contributed by atoms with Gasteiger partial charge < -0.3 is 9.80 Å². The number of nitrogens with zero attached hydrogens (tertiary/aromatic N) is 2. The number of piperidine rings is 1. The van der Waals surface area contributed by atoms with Crippen molar-refractivity contribution >= 4 is 11.8 Å². The number of hydrogen-bond donors (Lipinski definition) is 0. The molecule has 136 valence electrons. The first-order chi connectivity index (χ1) is 11.4. The molecule has 3 fully saturated rings. The van der Waals surface area contributed by atoms with Gasteiger partial charge in [0.2, 0.25) is 11.8 Å². The second kappa shape index (κ2) is 7.05. The summed E-state index contributed by atoms with van der Waals surface area (Å²) in [5.41, 5.74) is 0.223. The van der Waals surface area contributed by atoms with Crippen LogP contribution < -0.4 is 0 Å². The van der Waals surface area contributed by atoms with Crippen molar-refractivity contribution in [2.45, 2.75) is 78.2 Å². The van der Waals surface area contributed by atoms with Gasteiger partial charge in [-0.05, 0) is 43.4 Å². The molecule has 2 heterocycles. The quantitative estimate of drug-likeness (QED) is 0.776. The molecule has 4 nitrogen and oxygen atoms in total. The van der Waals surface area contributed by atoms with E-state index in [4.69, 9.17) is 0 Å². The first kappa shape index (κ1) is 17.8. The van der Waals surface area contributed by atoms with E-state index >= 15 is 0 Å². The summed E-state index contributed by atoms with van der Waals surface area (Å²) in [5.74, 6) is 0.900. The lowest BCUT2D eigenvalue weighted by Gasteiger charge is -2.44. The molecule has 3 rings (SSSR count). The van der Waals surface area contributed by atoms with E-state index in [1.54, 1.807) is 0 Å². The van der Waals surface area contributed by atoms with E-state index in [1.165, 1.54) is 25.7 Å². The van der Waals surface area contributed by atoms with Crippen molar-refractivity contribution in [2.75, 3.05) is 19.6 Å². The lowest BCUT2D eigenvalue weighted by molar-refractivity contribution is -0.136. The Morgan fingerprint density at radius 1 is 1.00 bits per heavy atom. The van der Waals surface area contributed by atoms with E-state index < -0.39 is 0 Å². The van der Waals surface area contributed by atoms with Gasteiger partial charge in [0.1, 0.15) is 0 Å². The second-order valence-electron chi connectivity index (χ2n) is 9.16. The molecule has 0 radical (unpaired) electrons. The minimum atomic E-state index is -0.0989. The summed E-state index contributed by atoms with van der Waals surface area (Å²) in [6.07, 6.45) is 8.70. The molecule has 0 aromatic rings. The summed E-state index contributed by atoms with van der Waals surface area (Å²) < 4.78 is 0. The van der Waals surface area contributed by atoms with Gasteiger partial charge in [-0.2, -0.15) is 0 Å². The lowest BCUT2D eigenvalue weighted by Crippen LogP contribution is -2.48. The minimum absolute atomic E-state index is 0.0989. The second-order valence-corrected chi connectivity index (χ2v) is 9.16. The van der Waals surface area contributed by atoms with Crippen molar-refractivity contribution in [3.63, 3.8) is 0 Å². The number of carbonyl (C=O) groups is 2. The maximum absolute atomic E-state index is 12.8. The van der Waals surface area contributed by atoms with E-state index in [0.29, 0.717) is 24.9 Å². The fourth-order valence-electron chi connectivity index (χ4n) is 5.08. The van der Waals surface area contributed by atoms with Gasteiger partial charge >= 0.3 is 0 Å². The monoisotopic (exact) mass is 334 g/mol.